The Morgan fingerprint density at radius 2 is 1.41 bits per heavy atom. The number of carbonyl (C=O) groups is 1. The minimum atomic E-state index is -1.27. The Hall–Kier alpha value is -3.27. The summed E-state index contributed by atoms with van der Waals surface area (Å²) in [6.07, 6.45) is 1.86. The van der Waals surface area contributed by atoms with Crippen LogP contribution < -0.4 is 9.47 Å². The molecule has 0 fully saturated rings. The van der Waals surface area contributed by atoms with Gasteiger partial charge in [0.1, 0.15) is 11.5 Å². The van der Waals surface area contributed by atoms with Crippen LogP contribution in [0, 0.1) is 0 Å². The quantitative estimate of drug-likeness (QED) is 0.483. The van der Waals surface area contributed by atoms with Crippen molar-refractivity contribution in [3.63, 3.8) is 0 Å². The van der Waals surface area contributed by atoms with Crippen molar-refractivity contribution in [3.8, 4) is 22.6 Å². The number of ether oxygens (including phenoxy) is 2. The molecule has 0 bridgehead atoms. The SMILES string of the molecule is CC(C)(Oc1ccc(OCCCc2ccc(-c3ccccc3)cc2)cc1)C(=O)O. The number of benzene rings is 3. The van der Waals surface area contributed by atoms with Crippen LogP contribution in [0.3, 0.4) is 0 Å². The molecule has 0 aliphatic rings. The van der Waals surface area contributed by atoms with Crippen molar-refractivity contribution in [1.82, 2.24) is 0 Å². The minimum Gasteiger partial charge on any atom is -0.494 e. The van der Waals surface area contributed by atoms with E-state index in [-0.39, 0.29) is 0 Å². The highest BCUT2D eigenvalue weighted by molar-refractivity contribution is 5.76. The fourth-order valence-corrected chi connectivity index (χ4v) is 2.90. The molecule has 3 rings (SSSR count). The summed E-state index contributed by atoms with van der Waals surface area (Å²) in [5.41, 5.74) is 2.46. The van der Waals surface area contributed by atoms with Gasteiger partial charge in [0.05, 0.1) is 6.61 Å². The average Bonchev–Trinajstić information content (AvgIpc) is 2.73. The molecule has 0 unspecified atom stereocenters. The van der Waals surface area contributed by atoms with Crippen LogP contribution in [-0.4, -0.2) is 23.3 Å². The molecular formula is C25H26O4. The normalized spacial score (nSPS) is 11.1. The van der Waals surface area contributed by atoms with Crippen molar-refractivity contribution in [2.45, 2.75) is 32.3 Å². The lowest BCUT2D eigenvalue weighted by Crippen LogP contribution is -2.37. The number of carboxylic acid groups (broad SMARTS) is 1. The van der Waals surface area contributed by atoms with E-state index in [0.717, 1.165) is 18.6 Å². The van der Waals surface area contributed by atoms with E-state index < -0.39 is 11.6 Å². The number of hydrogen-bond donors (Lipinski definition) is 1. The molecule has 0 heterocycles. The lowest BCUT2D eigenvalue weighted by Gasteiger charge is -2.21. The fourth-order valence-electron chi connectivity index (χ4n) is 2.90. The van der Waals surface area contributed by atoms with Gasteiger partial charge >= 0.3 is 5.97 Å². The molecule has 1 N–H and O–H groups in total. The van der Waals surface area contributed by atoms with Gasteiger partial charge in [0.15, 0.2) is 5.60 Å². The molecule has 3 aromatic carbocycles. The standard InChI is InChI=1S/C25H26O4/c1-25(2,24(26)27)29-23-16-14-22(15-17-23)28-18-6-7-19-10-12-21(13-11-19)20-8-4-3-5-9-20/h3-5,8-17H,6-7,18H2,1-2H3,(H,26,27). The Balaban J connectivity index is 1.44. The van der Waals surface area contributed by atoms with Crippen LogP contribution in [0.2, 0.25) is 0 Å². The summed E-state index contributed by atoms with van der Waals surface area (Å²) >= 11 is 0. The zero-order chi connectivity index (χ0) is 20.7. The summed E-state index contributed by atoms with van der Waals surface area (Å²) < 4.78 is 11.3. The van der Waals surface area contributed by atoms with Crippen LogP contribution in [0.5, 0.6) is 11.5 Å². The molecule has 3 aromatic rings. The predicted octanol–water partition coefficient (Wildman–Crippen LogP) is 5.61. The van der Waals surface area contributed by atoms with Crippen LogP contribution in [-0.2, 0) is 11.2 Å². The highest BCUT2D eigenvalue weighted by atomic mass is 16.5. The summed E-state index contributed by atoms with van der Waals surface area (Å²) in [7, 11) is 0. The molecular weight excluding hydrogens is 364 g/mol. The molecule has 0 aliphatic heterocycles. The van der Waals surface area contributed by atoms with E-state index in [2.05, 4.69) is 36.4 Å². The van der Waals surface area contributed by atoms with Crippen molar-refractivity contribution < 1.29 is 19.4 Å². The Kier molecular flexibility index (Phi) is 6.55. The molecule has 0 radical (unpaired) electrons. The molecule has 0 aliphatic carbocycles. The first kappa shape index (κ1) is 20.5. The van der Waals surface area contributed by atoms with Gasteiger partial charge in [-0.25, -0.2) is 4.79 Å². The Labute approximate surface area is 171 Å². The van der Waals surface area contributed by atoms with E-state index in [1.807, 2.05) is 18.2 Å². The largest absolute Gasteiger partial charge is 0.494 e. The van der Waals surface area contributed by atoms with Crippen LogP contribution in [0.1, 0.15) is 25.8 Å². The van der Waals surface area contributed by atoms with E-state index in [4.69, 9.17) is 14.6 Å². The molecule has 0 saturated heterocycles. The van der Waals surface area contributed by atoms with Crippen LogP contribution in [0.4, 0.5) is 0 Å². The molecule has 4 nitrogen and oxygen atoms in total. The van der Waals surface area contributed by atoms with Crippen molar-refractivity contribution in [2.75, 3.05) is 6.61 Å². The minimum absolute atomic E-state index is 0.503. The summed E-state index contributed by atoms with van der Waals surface area (Å²) in [5, 5.41) is 9.12. The van der Waals surface area contributed by atoms with Gasteiger partial charge in [0.2, 0.25) is 0 Å². The number of hydrogen-bond acceptors (Lipinski definition) is 3. The number of rotatable bonds is 9. The first-order chi connectivity index (χ1) is 13.9. The van der Waals surface area contributed by atoms with Gasteiger partial charge in [0.25, 0.3) is 0 Å². The average molecular weight is 390 g/mol. The summed E-state index contributed by atoms with van der Waals surface area (Å²) in [5.74, 6) is 0.239. The lowest BCUT2D eigenvalue weighted by atomic mass is 10.0. The molecule has 0 spiro atoms. The van der Waals surface area contributed by atoms with Crippen LogP contribution in [0.15, 0.2) is 78.9 Å². The fraction of sp³-hybridized carbons (Fsp3) is 0.240. The molecule has 4 heteroatoms. The third-order valence-corrected chi connectivity index (χ3v) is 4.65. The molecule has 0 saturated carbocycles. The van der Waals surface area contributed by atoms with Crippen LogP contribution in [0.25, 0.3) is 11.1 Å². The third kappa shape index (κ3) is 5.85. The van der Waals surface area contributed by atoms with Gasteiger partial charge in [-0.2, -0.15) is 0 Å². The van der Waals surface area contributed by atoms with Gasteiger partial charge < -0.3 is 14.6 Å². The summed E-state index contributed by atoms with van der Waals surface area (Å²) in [6.45, 7) is 3.65. The van der Waals surface area contributed by atoms with Crippen molar-refractivity contribution in [1.29, 1.82) is 0 Å². The van der Waals surface area contributed by atoms with Gasteiger partial charge in [0, 0.05) is 0 Å². The third-order valence-electron chi connectivity index (χ3n) is 4.65. The van der Waals surface area contributed by atoms with Gasteiger partial charge in [-0.3, -0.25) is 0 Å². The molecule has 29 heavy (non-hydrogen) atoms. The van der Waals surface area contributed by atoms with E-state index >= 15 is 0 Å². The zero-order valence-corrected chi connectivity index (χ0v) is 16.8. The van der Waals surface area contributed by atoms with Gasteiger partial charge in [-0.05, 0) is 67.6 Å². The Morgan fingerprint density at radius 1 is 0.828 bits per heavy atom. The topological polar surface area (TPSA) is 55.8 Å². The Bertz CT molecular complexity index is 913. The first-order valence-corrected chi connectivity index (χ1v) is 9.74. The monoisotopic (exact) mass is 390 g/mol. The predicted molar refractivity (Wildman–Crippen MR) is 114 cm³/mol. The maximum absolute atomic E-state index is 11.1. The van der Waals surface area contributed by atoms with Crippen molar-refractivity contribution >= 4 is 5.97 Å². The maximum atomic E-state index is 11.1. The zero-order valence-electron chi connectivity index (χ0n) is 16.8. The first-order valence-electron chi connectivity index (χ1n) is 9.74. The molecule has 0 amide bonds. The highest BCUT2D eigenvalue weighted by Gasteiger charge is 2.29. The summed E-state index contributed by atoms with van der Waals surface area (Å²) in [4.78, 5) is 11.1. The van der Waals surface area contributed by atoms with E-state index in [1.165, 1.54) is 30.5 Å². The summed E-state index contributed by atoms with van der Waals surface area (Å²) in [6, 6.07) is 26.0. The van der Waals surface area contributed by atoms with Crippen molar-refractivity contribution in [3.05, 3.63) is 84.4 Å². The van der Waals surface area contributed by atoms with Gasteiger partial charge in [-0.1, -0.05) is 54.6 Å². The van der Waals surface area contributed by atoms with E-state index in [0.29, 0.717) is 12.4 Å². The van der Waals surface area contributed by atoms with Crippen molar-refractivity contribution in [2.24, 2.45) is 0 Å². The molecule has 150 valence electrons. The second kappa shape index (κ2) is 9.28. The second-order valence-electron chi connectivity index (χ2n) is 7.40. The van der Waals surface area contributed by atoms with E-state index in [9.17, 15) is 4.79 Å². The molecule has 0 atom stereocenters. The van der Waals surface area contributed by atoms with Crippen LogP contribution >= 0.6 is 0 Å². The maximum Gasteiger partial charge on any atom is 0.347 e. The smallest absolute Gasteiger partial charge is 0.347 e. The Morgan fingerprint density at radius 3 is 2.03 bits per heavy atom. The van der Waals surface area contributed by atoms with E-state index in [1.54, 1.807) is 24.3 Å². The number of aliphatic carboxylic acids is 1. The molecule has 0 aromatic heterocycles. The number of carboxylic acids is 1. The van der Waals surface area contributed by atoms with Gasteiger partial charge in [-0.15, -0.1) is 0 Å². The second-order valence-corrected chi connectivity index (χ2v) is 7.40. The lowest BCUT2D eigenvalue weighted by molar-refractivity contribution is -0.152. The number of aryl methyl sites for hydroxylation is 1. The highest BCUT2D eigenvalue weighted by Crippen LogP contribution is 2.23.